The molecule has 2 aliphatic heterocycles. The Hall–Kier alpha value is -0.900. The second-order valence-electron chi connectivity index (χ2n) is 5.80. The van der Waals surface area contributed by atoms with E-state index in [-0.39, 0.29) is 0 Å². The van der Waals surface area contributed by atoms with Gasteiger partial charge >= 0.3 is 0 Å². The summed E-state index contributed by atoms with van der Waals surface area (Å²) in [5.74, 6) is 0. The fourth-order valence-corrected chi connectivity index (χ4v) is 3.27. The summed E-state index contributed by atoms with van der Waals surface area (Å²) in [7, 11) is 0. The molecule has 104 valence electrons. The van der Waals surface area contributed by atoms with Crippen molar-refractivity contribution in [2.24, 2.45) is 0 Å². The number of benzene rings is 1. The molecule has 1 unspecified atom stereocenters. The predicted octanol–water partition coefficient (Wildman–Crippen LogP) is 1.56. The van der Waals surface area contributed by atoms with Crippen molar-refractivity contribution in [3.63, 3.8) is 0 Å². The number of nitrogens with one attached hydrogen (secondary N) is 1. The molecule has 2 saturated heterocycles. The second kappa shape index (κ2) is 6.51. The van der Waals surface area contributed by atoms with Crippen molar-refractivity contribution in [2.75, 3.05) is 39.3 Å². The molecule has 3 heteroatoms. The van der Waals surface area contributed by atoms with Crippen LogP contribution in [0.25, 0.3) is 0 Å². The second-order valence-corrected chi connectivity index (χ2v) is 5.80. The summed E-state index contributed by atoms with van der Waals surface area (Å²) >= 11 is 0. The highest BCUT2D eigenvalue weighted by molar-refractivity contribution is 5.14. The Kier molecular flexibility index (Phi) is 4.49. The van der Waals surface area contributed by atoms with Crippen molar-refractivity contribution in [1.29, 1.82) is 0 Å². The standard InChI is InChI=1S/C16H25N3/c1-2-5-15(6-3-1)14-18-9-11-19(12-10-18)16-7-4-8-17-13-16/h1-3,5-6,16-17H,4,7-14H2. The van der Waals surface area contributed by atoms with E-state index >= 15 is 0 Å². The van der Waals surface area contributed by atoms with Gasteiger partial charge in [0.2, 0.25) is 0 Å². The van der Waals surface area contributed by atoms with E-state index in [1.54, 1.807) is 0 Å². The van der Waals surface area contributed by atoms with Gasteiger partial charge in [-0.25, -0.2) is 0 Å². The Morgan fingerprint density at radius 2 is 1.84 bits per heavy atom. The van der Waals surface area contributed by atoms with Crippen LogP contribution < -0.4 is 5.32 Å². The van der Waals surface area contributed by atoms with Crippen molar-refractivity contribution in [3.05, 3.63) is 35.9 Å². The smallest absolute Gasteiger partial charge is 0.0234 e. The fraction of sp³-hybridized carbons (Fsp3) is 0.625. The third-order valence-corrected chi connectivity index (χ3v) is 4.44. The molecular formula is C16H25N3. The van der Waals surface area contributed by atoms with Crippen LogP contribution in [0.5, 0.6) is 0 Å². The predicted molar refractivity (Wildman–Crippen MR) is 79.2 cm³/mol. The van der Waals surface area contributed by atoms with Crippen LogP contribution in [0.15, 0.2) is 30.3 Å². The zero-order chi connectivity index (χ0) is 12.9. The summed E-state index contributed by atoms with van der Waals surface area (Å²) in [6.45, 7) is 8.41. The number of nitrogens with zero attached hydrogens (tertiary/aromatic N) is 2. The van der Waals surface area contributed by atoms with Gasteiger partial charge in [-0.3, -0.25) is 9.80 Å². The van der Waals surface area contributed by atoms with Crippen molar-refractivity contribution in [2.45, 2.75) is 25.4 Å². The average molecular weight is 259 g/mol. The highest BCUT2D eigenvalue weighted by atomic mass is 15.3. The third-order valence-electron chi connectivity index (χ3n) is 4.44. The van der Waals surface area contributed by atoms with E-state index in [4.69, 9.17) is 0 Å². The molecule has 0 spiro atoms. The Morgan fingerprint density at radius 1 is 1.05 bits per heavy atom. The van der Waals surface area contributed by atoms with Crippen LogP contribution in [0.3, 0.4) is 0 Å². The average Bonchev–Trinajstić information content (AvgIpc) is 2.50. The van der Waals surface area contributed by atoms with Crippen molar-refractivity contribution >= 4 is 0 Å². The summed E-state index contributed by atoms with van der Waals surface area (Å²) in [6.07, 6.45) is 2.72. The van der Waals surface area contributed by atoms with E-state index in [9.17, 15) is 0 Å². The monoisotopic (exact) mass is 259 g/mol. The van der Waals surface area contributed by atoms with Crippen LogP contribution in [0.1, 0.15) is 18.4 Å². The molecule has 2 aliphatic rings. The van der Waals surface area contributed by atoms with E-state index in [2.05, 4.69) is 45.4 Å². The van der Waals surface area contributed by atoms with E-state index in [0.29, 0.717) is 0 Å². The minimum atomic E-state index is 0.785. The number of rotatable bonds is 3. The number of piperazine rings is 1. The van der Waals surface area contributed by atoms with Gasteiger partial charge in [-0.05, 0) is 24.9 Å². The summed E-state index contributed by atoms with van der Waals surface area (Å²) in [4.78, 5) is 5.27. The molecule has 1 aromatic carbocycles. The number of hydrogen-bond donors (Lipinski definition) is 1. The highest BCUT2D eigenvalue weighted by Crippen LogP contribution is 2.14. The maximum Gasteiger partial charge on any atom is 0.0234 e. The zero-order valence-electron chi connectivity index (χ0n) is 11.7. The minimum Gasteiger partial charge on any atom is -0.315 e. The van der Waals surface area contributed by atoms with Crippen LogP contribution in [0.4, 0.5) is 0 Å². The molecule has 0 saturated carbocycles. The van der Waals surface area contributed by atoms with Gasteiger partial charge in [-0.15, -0.1) is 0 Å². The van der Waals surface area contributed by atoms with Crippen LogP contribution in [0, 0.1) is 0 Å². The van der Waals surface area contributed by atoms with Crippen LogP contribution in [-0.2, 0) is 6.54 Å². The van der Waals surface area contributed by atoms with Gasteiger partial charge in [0.25, 0.3) is 0 Å². The first-order chi connectivity index (χ1) is 9.42. The van der Waals surface area contributed by atoms with Gasteiger partial charge in [0.15, 0.2) is 0 Å². The van der Waals surface area contributed by atoms with E-state index in [0.717, 1.165) is 12.6 Å². The zero-order valence-corrected chi connectivity index (χ0v) is 11.7. The van der Waals surface area contributed by atoms with E-state index in [1.165, 1.54) is 57.7 Å². The first-order valence-corrected chi connectivity index (χ1v) is 7.63. The van der Waals surface area contributed by atoms with E-state index in [1.807, 2.05) is 0 Å². The fourth-order valence-electron chi connectivity index (χ4n) is 3.27. The Morgan fingerprint density at radius 3 is 2.53 bits per heavy atom. The molecule has 3 rings (SSSR count). The van der Waals surface area contributed by atoms with Gasteiger partial charge in [-0.1, -0.05) is 30.3 Å². The SMILES string of the molecule is c1ccc(CN2CCN(C3CCCNC3)CC2)cc1. The van der Waals surface area contributed by atoms with Gasteiger partial charge < -0.3 is 5.32 Å². The van der Waals surface area contributed by atoms with Crippen molar-refractivity contribution < 1.29 is 0 Å². The summed E-state index contributed by atoms with van der Waals surface area (Å²) < 4.78 is 0. The molecule has 1 atom stereocenters. The lowest BCUT2D eigenvalue weighted by atomic mass is 10.0. The molecule has 2 fully saturated rings. The van der Waals surface area contributed by atoms with Crippen LogP contribution in [0.2, 0.25) is 0 Å². The van der Waals surface area contributed by atoms with Crippen LogP contribution >= 0.6 is 0 Å². The lowest BCUT2D eigenvalue weighted by Gasteiger charge is -2.40. The molecule has 0 aliphatic carbocycles. The van der Waals surface area contributed by atoms with Crippen molar-refractivity contribution in [3.8, 4) is 0 Å². The molecule has 19 heavy (non-hydrogen) atoms. The van der Waals surface area contributed by atoms with Gasteiger partial charge in [0, 0.05) is 45.3 Å². The number of hydrogen-bond acceptors (Lipinski definition) is 3. The van der Waals surface area contributed by atoms with Gasteiger partial charge in [0.05, 0.1) is 0 Å². The number of piperidine rings is 1. The van der Waals surface area contributed by atoms with E-state index < -0.39 is 0 Å². The molecule has 1 N–H and O–H groups in total. The topological polar surface area (TPSA) is 18.5 Å². The summed E-state index contributed by atoms with van der Waals surface area (Å²) in [6, 6.07) is 11.6. The molecule has 2 heterocycles. The quantitative estimate of drug-likeness (QED) is 0.888. The largest absolute Gasteiger partial charge is 0.315 e. The van der Waals surface area contributed by atoms with Crippen LogP contribution in [-0.4, -0.2) is 55.1 Å². The molecule has 1 aromatic rings. The Labute approximate surface area is 116 Å². The molecular weight excluding hydrogens is 234 g/mol. The van der Waals surface area contributed by atoms with Gasteiger partial charge in [-0.2, -0.15) is 0 Å². The van der Waals surface area contributed by atoms with Gasteiger partial charge in [0.1, 0.15) is 0 Å². The summed E-state index contributed by atoms with van der Waals surface area (Å²) in [5, 5.41) is 3.53. The molecule has 3 nitrogen and oxygen atoms in total. The van der Waals surface area contributed by atoms with Crippen molar-refractivity contribution in [1.82, 2.24) is 15.1 Å². The Bertz CT molecular complexity index is 365. The first kappa shape index (κ1) is 13.1. The summed E-state index contributed by atoms with van der Waals surface area (Å²) in [5.41, 5.74) is 1.44. The lowest BCUT2D eigenvalue weighted by Crippen LogP contribution is -2.54. The maximum atomic E-state index is 3.53. The maximum absolute atomic E-state index is 3.53. The third kappa shape index (κ3) is 3.56. The first-order valence-electron chi connectivity index (χ1n) is 7.63. The molecule has 0 bridgehead atoms. The highest BCUT2D eigenvalue weighted by Gasteiger charge is 2.24. The minimum absolute atomic E-state index is 0.785. The molecule has 0 radical (unpaired) electrons. The lowest BCUT2D eigenvalue weighted by molar-refractivity contribution is 0.0807. The Balaban J connectivity index is 1.46. The normalized spacial score (nSPS) is 26.4. The molecule has 0 aromatic heterocycles. The molecule has 0 amide bonds.